The lowest BCUT2D eigenvalue weighted by molar-refractivity contribution is 0.294. The Morgan fingerprint density at radius 3 is 2.64 bits per heavy atom. The fraction of sp³-hybridized carbons (Fsp3) is 0.192. The summed E-state index contributed by atoms with van der Waals surface area (Å²) in [5, 5.41) is 4.41. The molecule has 0 radical (unpaired) electrons. The molecule has 4 aromatic rings. The van der Waals surface area contributed by atoms with E-state index in [4.69, 9.17) is 14.5 Å². The van der Waals surface area contributed by atoms with Gasteiger partial charge in [0.25, 0.3) is 0 Å². The van der Waals surface area contributed by atoms with E-state index in [1.807, 2.05) is 73.7 Å². The molecule has 0 unspecified atom stereocenters. The van der Waals surface area contributed by atoms with E-state index in [-0.39, 0.29) is 0 Å². The van der Waals surface area contributed by atoms with Gasteiger partial charge in [0.2, 0.25) is 0 Å². The third kappa shape index (κ3) is 5.57. The van der Waals surface area contributed by atoms with Crippen LogP contribution in [-0.2, 0) is 0 Å². The third-order valence-corrected chi connectivity index (χ3v) is 4.92. The molecule has 168 valence electrons. The lowest BCUT2D eigenvalue weighted by Gasteiger charge is -2.10. The second-order valence-electron chi connectivity index (χ2n) is 7.53. The lowest BCUT2D eigenvalue weighted by Crippen LogP contribution is -2.20. The summed E-state index contributed by atoms with van der Waals surface area (Å²) in [6, 6.07) is 21.5. The lowest BCUT2D eigenvalue weighted by atomic mass is 10.2. The number of aromatic nitrogens is 2. The molecule has 33 heavy (non-hydrogen) atoms. The van der Waals surface area contributed by atoms with Gasteiger partial charge in [-0.1, -0.05) is 36.8 Å². The minimum Gasteiger partial charge on any atom is -0.493 e. The highest BCUT2D eigenvalue weighted by Gasteiger charge is 2.10. The first kappa shape index (κ1) is 22.1. The van der Waals surface area contributed by atoms with Crippen LogP contribution >= 0.6 is 0 Å². The van der Waals surface area contributed by atoms with Gasteiger partial charge >= 0.3 is 0 Å². The minimum atomic E-state index is 0.515. The molecule has 0 saturated carbocycles. The van der Waals surface area contributed by atoms with Crippen molar-refractivity contribution in [3.8, 4) is 11.5 Å². The van der Waals surface area contributed by atoms with Gasteiger partial charge in [-0.2, -0.15) is 5.10 Å². The predicted molar refractivity (Wildman–Crippen MR) is 133 cm³/mol. The molecule has 0 amide bonds. The van der Waals surface area contributed by atoms with E-state index in [2.05, 4.69) is 27.4 Å². The number of benzene rings is 3. The molecule has 3 aromatic carbocycles. The van der Waals surface area contributed by atoms with E-state index in [0.717, 1.165) is 28.7 Å². The number of hydrazone groups is 1. The molecule has 7 heteroatoms. The van der Waals surface area contributed by atoms with Crippen LogP contribution in [0.5, 0.6) is 11.5 Å². The number of nitrogens with zero attached hydrogens (tertiary/aromatic N) is 3. The summed E-state index contributed by atoms with van der Waals surface area (Å²) in [4.78, 5) is 12.7. The molecule has 1 aromatic heterocycles. The standard InChI is InChI=1S/C26H27N5O2/c1-4-15-33-23-14-11-19(16-24(23)32-3)17-27-31-26(28-20-12-9-18(2)10-13-20)25-29-21-7-5-6-8-22(21)30-25/h5-14,16-17H,4,15H2,1-3H3,(H,28,31)(H,29,30). The highest BCUT2D eigenvalue weighted by atomic mass is 16.5. The highest BCUT2D eigenvalue weighted by Crippen LogP contribution is 2.27. The molecule has 4 rings (SSSR count). The molecule has 0 aliphatic carbocycles. The fourth-order valence-electron chi connectivity index (χ4n) is 3.21. The van der Waals surface area contributed by atoms with Gasteiger partial charge in [-0.15, -0.1) is 0 Å². The maximum absolute atomic E-state index is 5.72. The molecule has 0 bridgehead atoms. The zero-order chi connectivity index (χ0) is 23.0. The Morgan fingerprint density at radius 2 is 1.88 bits per heavy atom. The van der Waals surface area contributed by atoms with Crippen LogP contribution in [0.25, 0.3) is 11.0 Å². The van der Waals surface area contributed by atoms with Crippen LogP contribution in [0.3, 0.4) is 0 Å². The van der Waals surface area contributed by atoms with Crippen molar-refractivity contribution >= 4 is 28.8 Å². The number of methoxy groups -OCH3 is 1. The number of fused-ring (bicyclic) bond motifs is 1. The van der Waals surface area contributed by atoms with Crippen molar-refractivity contribution in [3.05, 3.63) is 83.7 Å². The molecule has 0 spiro atoms. The molecule has 1 heterocycles. The Bertz CT molecular complexity index is 1240. The number of imidazole rings is 1. The number of hydrogen-bond donors (Lipinski definition) is 2. The summed E-state index contributed by atoms with van der Waals surface area (Å²) in [6.45, 7) is 4.75. The van der Waals surface area contributed by atoms with E-state index in [1.165, 1.54) is 5.56 Å². The number of aliphatic imine (C=N–C) groups is 1. The third-order valence-electron chi connectivity index (χ3n) is 4.92. The Morgan fingerprint density at radius 1 is 1.06 bits per heavy atom. The number of rotatable bonds is 8. The molecule has 0 aliphatic rings. The number of aryl methyl sites for hydroxylation is 1. The molecule has 2 N–H and O–H groups in total. The average Bonchev–Trinajstić information content (AvgIpc) is 3.28. The number of ether oxygens (including phenoxy) is 2. The normalized spacial score (nSPS) is 11.8. The average molecular weight is 442 g/mol. The number of para-hydroxylation sites is 2. The second kappa shape index (κ2) is 10.5. The molecule has 0 saturated heterocycles. The van der Waals surface area contributed by atoms with Crippen LogP contribution in [0.2, 0.25) is 0 Å². The SMILES string of the molecule is CCCOc1ccc(C=NNC(=Nc2ccc(C)cc2)c2nc3ccccc3[nH]2)cc1OC. The largest absolute Gasteiger partial charge is 0.493 e. The van der Waals surface area contributed by atoms with E-state index in [9.17, 15) is 0 Å². The van der Waals surface area contributed by atoms with Crippen LogP contribution < -0.4 is 14.9 Å². The summed E-state index contributed by atoms with van der Waals surface area (Å²) < 4.78 is 11.2. The number of amidine groups is 1. The molecule has 0 aliphatic heterocycles. The van der Waals surface area contributed by atoms with Crippen molar-refractivity contribution in [1.29, 1.82) is 0 Å². The maximum atomic E-state index is 5.72. The van der Waals surface area contributed by atoms with Gasteiger partial charge in [-0.3, -0.25) is 5.43 Å². The topological polar surface area (TPSA) is 83.9 Å². The van der Waals surface area contributed by atoms with E-state index < -0.39 is 0 Å². The van der Waals surface area contributed by atoms with Gasteiger partial charge in [-0.25, -0.2) is 9.98 Å². The smallest absolute Gasteiger partial charge is 0.190 e. The van der Waals surface area contributed by atoms with Gasteiger partial charge in [0.1, 0.15) is 0 Å². The molecule has 0 fully saturated rings. The van der Waals surface area contributed by atoms with Crippen LogP contribution in [-0.4, -0.2) is 35.7 Å². The summed E-state index contributed by atoms with van der Waals surface area (Å²) >= 11 is 0. The van der Waals surface area contributed by atoms with Gasteiger partial charge in [-0.05, 0) is 61.4 Å². The van der Waals surface area contributed by atoms with Crippen LogP contribution in [0.15, 0.2) is 76.8 Å². The quantitative estimate of drug-likeness (QED) is 0.219. The molecular formula is C26H27N5O2. The minimum absolute atomic E-state index is 0.515. The van der Waals surface area contributed by atoms with Crippen molar-refractivity contribution in [2.75, 3.05) is 13.7 Å². The Hall–Kier alpha value is -4.13. The van der Waals surface area contributed by atoms with Crippen molar-refractivity contribution < 1.29 is 9.47 Å². The fourth-order valence-corrected chi connectivity index (χ4v) is 3.21. The van der Waals surface area contributed by atoms with Crippen molar-refractivity contribution in [2.24, 2.45) is 10.1 Å². The van der Waals surface area contributed by atoms with Gasteiger partial charge in [0.15, 0.2) is 23.2 Å². The number of H-pyrrole nitrogens is 1. The zero-order valence-corrected chi connectivity index (χ0v) is 19.0. The van der Waals surface area contributed by atoms with Crippen molar-refractivity contribution in [3.63, 3.8) is 0 Å². The van der Waals surface area contributed by atoms with Crippen LogP contribution in [0, 0.1) is 6.92 Å². The van der Waals surface area contributed by atoms with E-state index in [1.54, 1.807) is 13.3 Å². The first-order chi connectivity index (χ1) is 16.2. The number of aromatic amines is 1. The Kier molecular flexibility index (Phi) is 6.99. The maximum Gasteiger partial charge on any atom is 0.190 e. The summed E-state index contributed by atoms with van der Waals surface area (Å²) in [6.07, 6.45) is 2.64. The number of hydrogen-bond acceptors (Lipinski definition) is 5. The zero-order valence-electron chi connectivity index (χ0n) is 19.0. The molecular weight excluding hydrogens is 414 g/mol. The van der Waals surface area contributed by atoms with Gasteiger partial charge in [0, 0.05) is 0 Å². The predicted octanol–water partition coefficient (Wildman–Crippen LogP) is 5.37. The van der Waals surface area contributed by atoms with Crippen LogP contribution in [0.1, 0.15) is 30.3 Å². The summed E-state index contributed by atoms with van der Waals surface area (Å²) in [7, 11) is 1.63. The van der Waals surface area contributed by atoms with Crippen LogP contribution in [0.4, 0.5) is 5.69 Å². The summed E-state index contributed by atoms with van der Waals surface area (Å²) in [5.74, 6) is 2.50. The molecule has 7 nitrogen and oxygen atoms in total. The Balaban J connectivity index is 1.60. The second-order valence-corrected chi connectivity index (χ2v) is 7.53. The number of nitrogens with one attached hydrogen (secondary N) is 2. The molecule has 0 atom stereocenters. The van der Waals surface area contributed by atoms with E-state index >= 15 is 0 Å². The first-order valence-corrected chi connectivity index (χ1v) is 10.9. The Labute approximate surface area is 193 Å². The highest BCUT2D eigenvalue weighted by molar-refractivity contribution is 6.00. The monoisotopic (exact) mass is 441 g/mol. The van der Waals surface area contributed by atoms with Gasteiger partial charge < -0.3 is 14.5 Å². The van der Waals surface area contributed by atoms with E-state index in [0.29, 0.717) is 29.8 Å². The van der Waals surface area contributed by atoms with Crippen molar-refractivity contribution in [1.82, 2.24) is 15.4 Å². The van der Waals surface area contributed by atoms with Crippen molar-refractivity contribution in [2.45, 2.75) is 20.3 Å². The summed E-state index contributed by atoms with van der Waals surface area (Å²) in [5.41, 5.74) is 7.68. The van der Waals surface area contributed by atoms with Gasteiger partial charge in [0.05, 0.1) is 36.7 Å². The first-order valence-electron chi connectivity index (χ1n) is 10.9.